The van der Waals surface area contributed by atoms with Crippen molar-refractivity contribution in [3.05, 3.63) is 66.4 Å². The summed E-state index contributed by atoms with van der Waals surface area (Å²) in [5.74, 6) is 2.16. The van der Waals surface area contributed by atoms with E-state index in [-0.39, 0.29) is 29.8 Å². The van der Waals surface area contributed by atoms with Crippen LogP contribution in [0.5, 0.6) is 0 Å². The van der Waals surface area contributed by atoms with Crippen molar-refractivity contribution in [1.82, 2.24) is 45.8 Å². The topological polar surface area (TPSA) is 144 Å². The molecular formula is C36H45N9O2. The number of carbonyl (C=O) groups is 2. The number of rotatable bonds is 13. The monoisotopic (exact) mass is 635 g/mol. The summed E-state index contributed by atoms with van der Waals surface area (Å²) in [5.41, 5.74) is 6.68. The van der Waals surface area contributed by atoms with Crippen LogP contribution in [-0.2, 0) is 16.0 Å². The Morgan fingerprint density at radius 3 is 2.62 bits per heavy atom. The number of nitrogens with zero attached hydrogens (tertiary/aromatic N) is 4. The SMILES string of the molecule is CNCC(=O)NCCCCc1ncc(-c2ccc3nc(-c4ccc5nc(C6CCCN6C(=O)C(NC)C(C)C)[nH]c5c4)ccc3c2)[nH]1. The summed E-state index contributed by atoms with van der Waals surface area (Å²) in [5, 5.41) is 10.0. The van der Waals surface area contributed by atoms with E-state index in [9.17, 15) is 9.59 Å². The molecule has 1 fully saturated rings. The molecule has 1 aliphatic heterocycles. The third-order valence-corrected chi connectivity index (χ3v) is 9.02. The number of fused-ring (bicyclic) bond motifs is 2. The van der Waals surface area contributed by atoms with E-state index in [0.29, 0.717) is 13.1 Å². The molecule has 2 amide bonds. The van der Waals surface area contributed by atoms with Crippen molar-refractivity contribution in [2.45, 2.75) is 58.0 Å². The van der Waals surface area contributed by atoms with Gasteiger partial charge in [-0.25, -0.2) is 15.0 Å². The number of hydrogen-bond acceptors (Lipinski definition) is 7. The number of benzene rings is 2. The standard InChI is InChI=1S/C36H45N9O2/c1-22(2)34(38-4)36(47)45-17-7-8-31(45)35-43-28-15-12-25(19-29(28)44-35)27-13-10-23-18-24(11-14-26(23)41-27)30-20-40-32(42-30)9-5-6-16-39-33(46)21-37-3/h10-15,18-20,22,31,34,37-38H,5-9,16-17,21H2,1-4H3,(H,39,46)(H,40,42)(H,43,44). The molecule has 1 aliphatic rings. The Morgan fingerprint density at radius 2 is 1.81 bits per heavy atom. The molecule has 5 aromatic rings. The molecule has 4 heterocycles. The molecule has 246 valence electrons. The number of carbonyl (C=O) groups excluding carboxylic acids is 2. The van der Waals surface area contributed by atoms with Crippen molar-refractivity contribution in [3.63, 3.8) is 0 Å². The molecule has 11 nitrogen and oxygen atoms in total. The van der Waals surface area contributed by atoms with Crippen LogP contribution in [0.1, 0.15) is 57.2 Å². The molecule has 0 aliphatic carbocycles. The van der Waals surface area contributed by atoms with Gasteiger partial charge in [-0.15, -0.1) is 0 Å². The van der Waals surface area contributed by atoms with Crippen LogP contribution in [0, 0.1) is 5.92 Å². The maximum absolute atomic E-state index is 13.4. The maximum atomic E-state index is 13.4. The molecule has 2 aromatic carbocycles. The van der Waals surface area contributed by atoms with Crippen LogP contribution < -0.4 is 16.0 Å². The molecule has 11 heteroatoms. The number of aromatic nitrogens is 5. The number of imidazole rings is 2. The quantitative estimate of drug-likeness (QED) is 0.118. The summed E-state index contributed by atoms with van der Waals surface area (Å²) < 4.78 is 0. The van der Waals surface area contributed by atoms with Crippen LogP contribution in [0.25, 0.3) is 44.5 Å². The average Bonchev–Trinajstić information content (AvgIpc) is 3.84. The predicted molar refractivity (Wildman–Crippen MR) is 186 cm³/mol. The zero-order chi connectivity index (χ0) is 32.9. The number of amides is 2. The number of aryl methyl sites for hydroxylation is 1. The molecule has 0 spiro atoms. The number of H-pyrrole nitrogens is 2. The minimum absolute atomic E-state index is 0.0183. The van der Waals surface area contributed by atoms with Crippen LogP contribution in [0.2, 0.25) is 0 Å². The summed E-state index contributed by atoms with van der Waals surface area (Å²) in [6.45, 7) is 5.91. The number of hydrogen-bond donors (Lipinski definition) is 5. The number of unbranched alkanes of at least 4 members (excludes halogenated alkanes) is 1. The van der Waals surface area contributed by atoms with Crippen LogP contribution in [0.3, 0.4) is 0 Å². The van der Waals surface area contributed by atoms with Crippen molar-refractivity contribution in [2.75, 3.05) is 33.7 Å². The van der Waals surface area contributed by atoms with E-state index in [2.05, 4.69) is 87.2 Å². The highest BCUT2D eigenvalue weighted by molar-refractivity contribution is 5.88. The van der Waals surface area contributed by atoms with Gasteiger partial charge in [-0.3, -0.25) is 9.59 Å². The van der Waals surface area contributed by atoms with E-state index < -0.39 is 0 Å². The third-order valence-electron chi connectivity index (χ3n) is 9.02. The molecule has 3 aromatic heterocycles. The number of aromatic amines is 2. The first-order valence-corrected chi connectivity index (χ1v) is 16.7. The van der Waals surface area contributed by atoms with Gasteiger partial charge in [0.15, 0.2) is 0 Å². The largest absolute Gasteiger partial charge is 0.355 e. The van der Waals surface area contributed by atoms with E-state index in [0.717, 1.165) is 94.7 Å². The van der Waals surface area contributed by atoms with Crippen LogP contribution in [0.4, 0.5) is 0 Å². The lowest BCUT2D eigenvalue weighted by atomic mass is 10.0. The van der Waals surface area contributed by atoms with Crippen molar-refractivity contribution in [1.29, 1.82) is 0 Å². The smallest absolute Gasteiger partial charge is 0.240 e. The van der Waals surface area contributed by atoms with Crippen LogP contribution in [0.15, 0.2) is 54.7 Å². The Kier molecular flexibility index (Phi) is 9.93. The fraction of sp³-hybridized carbons (Fsp3) is 0.417. The molecule has 0 saturated carbocycles. The summed E-state index contributed by atoms with van der Waals surface area (Å²) >= 11 is 0. The fourth-order valence-corrected chi connectivity index (χ4v) is 6.54. The summed E-state index contributed by atoms with van der Waals surface area (Å²) in [6, 6.07) is 16.4. The highest BCUT2D eigenvalue weighted by Gasteiger charge is 2.36. The summed E-state index contributed by atoms with van der Waals surface area (Å²) in [6.07, 6.45) is 6.42. The molecule has 6 rings (SSSR count). The lowest BCUT2D eigenvalue weighted by molar-refractivity contribution is -0.135. The number of likely N-dealkylation sites (tertiary alicyclic amines) is 1. The molecule has 2 unspecified atom stereocenters. The number of pyridine rings is 1. The second-order valence-corrected chi connectivity index (χ2v) is 12.7. The highest BCUT2D eigenvalue weighted by atomic mass is 16.2. The Morgan fingerprint density at radius 1 is 0.979 bits per heavy atom. The maximum Gasteiger partial charge on any atom is 0.240 e. The van der Waals surface area contributed by atoms with Gasteiger partial charge in [-0.05, 0) is 76.0 Å². The van der Waals surface area contributed by atoms with E-state index >= 15 is 0 Å². The van der Waals surface area contributed by atoms with Gasteiger partial charge in [0.1, 0.15) is 11.6 Å². The Labute approximate surface area is 275 Å². The normalized spacial score (nSPS) is 15.6. The second-order valence-electron chi connectivity index (χ2n) is 12.7. The number of nitrogens with one attached hydrogen (secondary N) is 5. The lowest BCUT2D eigenvalue weighted by Crippen LogP contribution is -2.47. The van der Waals surface area contributed by atoms with E-state index in [1.807, 2.05) is 24.2 Å². The third kappa shape index (κ3) is 7.21. The molecule has 5 N–H and O–H groups in total. The minimum Gasteiger partial charge on any atom is -0.355 e. The van der Waals surface area contributed by atoms with Crippen molar-refractivity contribution in [3.8, 4) is 22.5 Å². The lowest BCUT2D eigenvalue weighted by Gasteiger charge is -2.29. The van der Waals surface area contributed by atoms with Gasteiger partial charge in [0.2, 0.25) is 11.8 Å². The Bertz CT molecular complexity index is 1860. The molecule has 0 bridgehead atoms. The fourth-order valence-electron chi connectivity index (χ4n) is 6.54. The first-order valence-electron chi connectivity index (χ1n) is 16.7. The average molecular weight is 636 g/mol. The van der Waals surface area contributed by atoms with Gasteiger partial charge in [0, 0.05) is 36.0 Å². The first kappa shape index (κ1) is 32.3. The van der Waals surface area contributed by atoms with Crippen LogP contribution in [-0.4, -0.2) is 81.4 Å². The summed E-state index contributed by atoms with van der Waals surface area (Å²) in [4.78, 5) is 48.3. The molecule has 2 atom stereocenters. The highest BCUT2D eigenvalue weighted by Crippen LogP contribution is 2.34. The van der Waals surface area contributed by atoms with Crippen molar-refractivity contribution >= 4 is 33.8 Å². The van der Waals surface area contributed by atoms with Gasteiger partial charge in [-0.1, -0.05) is 32.0 Å². The van der Waals surface area contributed by atoms with Gasteiger partial charge in [0.05, 0.1) is 52.8 Å². The minimum atomic E-state index is -0.204. The molecular weight excluding hydrogens is 590 g/mol. The zero-order valence-corrected chi connectivity index (χ0v) is 27.7. The molecule has 1 saturated heterocycles. The van der Waals surface area contributed by atoms with Gasteiger partial charge >= 0.3 is 0 Å². The zero-order valence-electron chi connectivity index (χ0n) is 27.7. The predicted octanol–water partition coefficient (Wildman–Crippen LogP) is 4.73. The first-order chi connectivity index (χ1) is 22.8. The van der Waals surface area contributed by atoms with Crippen LogP contribution >= 0.6 is 0 Å². The molecule has 47 heavy (non-hydrogen) atoms. The van der Waals surface area contributed by atoms with Crippen molar-refractivity contribution < 1.29 is 9.59 Å². The van der Waals surface area contributed by atoms with Gasteiger partial charge in [0.25, 0.3) is 0 Å². The Balaban J connectivity index is 1.13. The van der Waals surface area contributed by atoms with E-state index in [1.54, 1.807) is 7.05 Å². The van der Waals surface area contributed by atoms with E-state index in [4.69, 9.17) is 9.97 Å². The molecule has 0 radical (unpaired) electrons. The van der Waals surface area contributed by atoms with E-state index in [1.165, 1.54) is 0 Å². The van der Waals surface area contributed by atoms with Crippen molar-refractivity contribution in [2.24, 2.45) is 5.92 Å². The summed E-state index contributed by atoms with van der Waals surface area (Å²) in [7, 11) is 3.62. The van der Waals surface area contributed by atoms with Gasteiger partial charge < -0.3 is 30.8 Å². The van der Waals surface area contributed by atoms with Gasteiger partial charge in [-0.2, -0.15) is 0 Å². The second kappa shape index (κ2) is 14.4. The Hall–Kier alpha value is -4.61. The number of likely N-dealkylation sites (N-methyl/N-ethyl adjacent to an activating group) is 2.